The molecule has 3 atom stereocenters. The highest BCUT2D eigenvalue weighted by molar-refractivity contribution is 5.55. The van der Waals surface area contributed by atoms with Gasteiger partial charge in [0, 0.05) is 11.8 Å². The maximum absolute atomic E-state index is 11.4. The molecule has 24 heavy (non-hydrogen) atoms. The van der Waals surface area contributed by atoms with Crippen LogP contribution in [-0.2, 0) is 4.79 Å². The van der Waals surface area contributed by atoms with Gasteiger partial charge in [0.2, 0.25) is 0 Å². The molecule has 1 aromatic carbocycles. The van der Waals surface area contributed by atoms with Crippen molar-refractivity contribution in [3.8, 4) is 0 Å². The second kappa shape index (κ2) is 10.5. The molecule has 0 saturated heterocycles. The van der Waals surface area contributed by atoms with E-state index in [1.54, 1.807) is 0 Å². The molecule has 0 N–H and O–H groups in total. The molecule has 0 saturated carbocycles. The van der Waals surface area contributed by atoms with Crippen LogP contribution in [0.25, 0.3) is 0 Å². The number of benzene rings is 1. The Hall–Kier alpha value is -1.37. The summed E-state index contributed by atoms with van der Waals surface area (Å²) in [5.74, 6) is 0.510. The van der Waals surface area contributed by atoms with Gasteiger partial charge in [0.25, 0.3) is 0 Å². The Morgan fingerprint density at radius 2 is 1.71 bits per heavy atom. The number of hydrogen-bond acceptors (Lipinski definition) is 1. The fourth-order valence-electron chi connectivity index (χ4n) is 3.12. The summed E-state index contributed by atoms with van der Waals surface area (Å²) in [5, 5.41) is 0. The highest BCUT2D eigenvalue weighted by atomic mass is 16.1. The van der Waals surface area contributed by atoms with Crippen LogP contribution in [0.3, 0.4) is 0 Å². The van der Waals surface area contributed by atoms with Gasteiger partial charge in [-0.05, 0) is 30.7 Å². The van der Waals surface area contributed by atoms with Gasteiger partial charge in [-0.15, -0.1) is 0 Å². The Bertz CT molecular complexity index is 499. The zero-order valence-corrected chi connectivity index (χ0v) is 16.3. The number of carbonyl (C=O) groups excluding carboxylic acids is 1. The molecule has 0 heterocycles. The van der Waals surface area contributed by atoms with E-state index in [0.29, 0.717) is 5.92 Å². The number of unbranched alkanes of at least 4 members (excludes halogenated alkanes) is 2. The summed E-state index contributed by atoms with van der Waals surface area (Å²) in [4.78, 5) is 11.4. The van der Waals surface area contributed by atoms with E-state index in [2.05, 4.69) is 71.0 Å². The maximum Gasteiger partial charge on any atom is 0.123 e. The van der Waals surface area contributed by atoms with Gasteiger partial charge < -0.3 is 4.79 Å². The quantitative estimate of drug-likeness (QED) is 0.320. The third-order valence-electron chi connectivity index (χ3n) is 5.40. The molecule has 1 aromatic rings. The van der Waals surface area contributed by atoms with Crippen LogP contribution in [0.4, 0.5) is 0 Å². The second-order valence-corrected chi connectivity index (χ2v) is 7.55. The van der Waals surface area contributed by atoms with Gasteiger partial charge >= 0.3 is 0 Å². The molecular formula is C23H36O. The molecule has 0 aliphatic heterocycles. The first kappa shape index (κ1) is 20.7. The first-order valence-corrected chi connectivity index (χ1v) is 9.68. The molecule has 1 rings (SSSR count). The highest BCUT2D eigenvalue weighted by Crippen LogP contribution is 2.36. The minimum Gasteiger partial charge on any atom is -0.303 e. The van der Waals surface area contributed by atoms with E-state index in [0.717, 1.165) is 12.7 Å². The first-order chi connectivity index (χ1) is 11.5. The van der Waals surface area contributed by atoms with Crippen molar-refractivity contribution in [2.24, 2.45) is 11.3 Å². The SMILES string of the molecule is CCCC[C@H](/C=C/[C@](C)(CCCC)[C@@H](C)C=O)c1ccc(C)cc1. The first-order valence-electron chi connectivity index (χ1n) is 9.68. The lowest BCUT2D eigenvalue weighted by Crippen LogP contribution is -2.24. The number of aldehydes is 1. The van der Waals surface area contributed by atoms with Crippen molar-refractivity contribution in [3.05, 3.63) is 47.5 Å². The Morgan fingerprint density at radius 3 is 2.25 bits per heavy atom. The van der Waals surface area contributed by atoms with Crippen LogP contribution < -0.4 is 0 Å². The van der Waals surface area contributed by atoms with Crippen LogP contribution in [0.1, 0.15) is 83.3 Å². The summed E-state index contributed by atoms with van der Waals surface area (Å²) in [6, 6.07) is 8.91. The minimum atomic E-state index is -0.0348. The molecule has 0 bridgehead atoms. The molecule has 0 aliphatic carbocycles. The van der Waals surface area contributed by atoms with Crippen LogP contribution in [0.5, 0.6) is 0 Å². The molecule has 0 aromatic heterocycles. The fourth-order valence-corrected chi connectivity index (χ4v) is 3.12. The molecule has 0 amide bonds. The molecule has 0 unspecified atom stereocenters. The second-order valence-electron chi connectivity index (χ2n) is 7.55. The summed E-state index contributed by atoms with van der Waals surface area (Å²) >= 11 is 0. The van der Waals surface area contributed by atoms with Crippen molar-refractivity contribution in [3.63, 3.8) is 0 Å². The topological polar surface area (TPSA) is 17.1 Å². The number of aryl methyl sites for hydroxylation is 1. The van der Waals surface area contributed by atoms with E-state index in [9.17, 15) is 4.79 Å². The van der Waals surface area contributed by atoms with Gasteiger partial charge in [-0.25, -0.2) is 0 Å². The normalized spacial score (nSPS) is 16.7. The largest absolute Gasteiger partial charge is 0.303 e. The molecule has 1 heteroatoms. The number of hydrogen-bond donors (Lipinski definition) is 0. The number of rotatable bonds is 11. The summed E-state index contributed by atoms with van der Waals surface area (Å²) in [6.45, 7) is 10.9. The number of allylic oxidation sites excluding steroid dienone is 2. The van der Waals surface area contributed by atoms with Gasteiger partial charge in [0.1, 0.15) is 6.29 Å². The van der Waals surface area contributed by atoms with E-state index in [1.807, 2.05) is 0 Å². The molecule has 0 spiro atoms. The zero-order valence-electron chi connectivity index (χ0n) is 16.3. The van der Waals surface area contributed by atoms with E-state index in [4.69, 9.17) is 0 Å². The van der Waals surface area contributed by atoms with Gasteiger partial charge in [-0.1, -0.05) is 95.4 Å². The summed E-state index contributed by atoms with van der Waals surface area (Å²) < 4.78 is 0. The van der Waals surface area contributed by atoms with Crippen molar-refractivity contribution in [1.29, 1.82) is 0 Å². The van der Waals surface area contributed by atoms with Crippen LogP contribution in [0.15, 0.2) is 36.4 Å². The van der Waals surface area contributed by atoms with Crippen molar-refractivity contribution in [2.75, 3.05) is 0 Å². The van der Waals surface area contributed by atoms with Crippen molar-refractivity contribution in [1.82, 2.24) is 0 Å². The van der Waals surface area contributed by atoms with E-state index in [1.165, 1.54) is 43.2 Å². The number of carbonyl (C=O) groups is 1. The van der Waals surface area contributed by atoms with Gasteiger partial charge in [0.05, 0.1) is 0 Å². The lowest BCUT2D eigenvalue weighted by atomic mass is 9.74. The zero-order chi connectivity index (χ0) is 18.0. The Balaban J connectivity index is 3.01. The van der Waals surface area contributed by atoms with E-state index >= 15 is 0 Å². The third-order valence-corrected chi connectivity index (χ3v) is 5.40. The third kappa shape index (κ3) is 6.26. The molecule has 134 valence electrons. The Labute approximate surface area is 149 Å². The molecule has 0 aliphatic rings. The van der Waals surface area contributed by atoms with Gasteiger partial charge in [-0.3, -0.25) is 0 Å². The molecule has 0 fully saturated rings. The average molecular weight is 329 g/mol. The van der Waals surface area contributed by atoms with Gasteiger partial charge in [0.15, 0.2) is 0 Å². The predicted octanol–water partition coefficient (Wildman–Crippen LogP) is 6.86. The summed E-state index contributed by atoms with van der Waals surface area (Å²) in [5.41, 5.74) is 2.66. The fraction of sp³-hybridized carbons (Fsp3) is 0.609. The Kier molecular flexibility index (Phi) is 9.03. The van der Waals surface area contributed by atoms with Crippen LogP contribution >= 0.6 is 0 Å². The molecule has 0 radical (unpaired) electrons. The summed E-state index contributed by atoms with van der Waals surface area (Å²) in [7, 11) is 0. The van der Waals surface area contributed by atoms with Crippen molar-refractivity contribution >= 4 is 6.29 Å². The Morgan fingerprint density at radius 1 is 1.08 bits per heavy atom. The summed E-state index contributed by atoms with van der Waals surface area (Å²) in [6.07, 6.45) is 12.9. The smallest absolute Gasteiger partial charge is 0.123 e. The van der Waals surface area contributed by atoms with E-state index < -0.39 is 0 Å². The van der Waals surface area contributed by atoms with Crippen LogP contribution in [0.2, 0.25) is 0 Å². The molecule has 1 nitrogen and oxygen atoms in total. The average Bonchev–Trinajstić information content (AvgIpc) is 2.60. The minimum absolute atomic E-state index is 0.0348. The monoisotopic (exact) mass is 328 g/mol. The van der Waals surface area contributed by atoms with Crippen molar-refractivity contribution < 1.29 is 4.79 Å². The van der Waals surface area contributed by atoms with Crippen molar-refractivity contribution in [2.45, 2.75) is 79.1 Å². The highest BCUT2D eigenvalue weighted by Gasteiger charge is 2.27. The maximum atomic E-state index is 11.4. The lowest BCUT2D eigenvalue weighted by Gasteiger charge is -2.30. The standard InChI is InChI=1S/C23H36O/c1-6-8-10-21(22-13-11-19(3)12-14-22)15-17-23(5,16-9-7-2)20(4)18-24/h11-15,17-18,20-21H,6-10,16H2,1-5H3/b17-15+/t20-,21+,23-/m0/s1. The molecular weight excluding hydrogens is 292 g/mol. The lowest BCUT2D eigenvalue weighted by molar-refractivity contribution is -0.113. The van der Waals surface area contributed by atoms with E-state index in [-0.39, 0.29) is 11.3 Å². The van der Waals surface area contributed by atoms with Gasteiger partial charge in [-0.2, -0.15) is 0 Å². The van der Waals surface area contributed by atoms with Crippen LogP contribution in [-0.4, -0.2) is 6.29 Å². The predicted molar refractivity (Wildman–Crippen MR) is 105 cm³/mol. The van der Waals surface area contributed by atoms with Crippen LogP contribution in [0, 0.1) is 18.3 Å².